The summed E-state index contributed by atoms with van der Waals surface area (Å²) in [4.78, 5) is 14.4. The van der Waals surface area contributed by atoms with Gasteiger partial charge in [-0.3, -0.25) is 0 Å². The monoisotopic (exact) mass is 1830 g/mol. The average Bonchev–Trinajstić information content (AvgIpc) is 1.57. The van der Waals surface area contributed by atoms with Crippen molar-refractivity contribution in [3.63, 3.8) is 0 Å². The highest BCUT2D eigenvalue weighted by Gasteiger charge is 2.32. The van der Waals surface area contributed by atoms with Gasteiger partial charge in [0.25, 0.3) is 0 Å². The normalized spacial score (nSPS) is 16.4. The van der Waals surface area contributed by atoms with Crippen LogP contribution in [-0.2, 0) is 34.6 Å². The van der Waals surface area contributed by atoms with Crippen LogP contribution < -0.4 is 18.3 Å². The highest BCUT2D eigenvalue weighted by atomic mass is 16.3. The first-order valence-electron chi connectivity index (χ1n) is 59.1. The summed E-state index contributed by atoms with van der Waals surface area (Å²) in [6, 6.07) is 26.8. The molecule has 20 aromatic rings. The van der Waals surface area contributed by atoms with Gasteiger partial charge in [-0.25, -0.2) is 37.6 Å². The van der Waals surface area contributed by atoms with Gasteiger partial charge in [0.05, 0.1) is 81.4 Å². The molecule has 682 valence electrons. The molecule has 0 unspecified atom stereocenters. The summed E-state index contributed by atoms with van der Waals surface area (Å²) < 4.78 is 293. The van der Waals surface area contributed by atoms with E-state index in [4.69, 9.17) is 85.1 Å². The first kappa shape index (κ1) is 63.6. The van der Waals surface area contributed by atoms with Gasteiger partial charge in [0.2, 0.25) is 22.8 Å². The summed E-state index contributed by atoms with van der Waals surface area (Å²) in [6.07, 6.45) is 12.4. The van der Waals surface area contributed by atoms with Crippen LogP contribution in [0.2, 0.25) is 0 Å². The van der Waals surface area contributed by atoms with E-state index in [2.05, 4.69) is 19.4 Å². The van der Waals surface area contributed by atoms with Crippen LogP contribution in [0.5, 0.6) is 0 Å². The second-order valence-electron chi connectivity index (χ2n) is 34.4. The van der Waals surface area contributed by atoms with Crippen LogP contribution in [0, 0.1) is 66.3 Å². The van der Waals surface area contributed by atoms with Gasteiger partial charge in [0, 0.05) is 123 Å². The van der Waals surface area contributed by atoms with Crippen LogP contribution in [0.3, 0.4) is 0 Å². The quantitative estimate of drug-likeness (QED) is 0.0954. The number of nitrogens with zero attached hydrogens (tertiary/aromatic N) is 8. The van der Waals surface area contributed by atoms with Crippen molar-refractivity contribution < 1.29 is 78.4 Å². The zero-order valence-corrected chi connectivity index (χ0v) is 74.9. The molecular formula is C125H122N8O4+4. The van der Waals surface area contributed by atoms with Gasteiger partial charge < -0.3 is 17.7 Å². The summed E-state index contributed by atoms with van der Waals surface area (Å²) in [5, 5.41) is 5.34. The van der Waals surface area contributed by atoms with Crippen LogP contribution in [-0.4, -0.2) is 0 Å². The number of furan rings is 4. The summed E-state index contributed by atoms with van der Waals surface area (Å²) in [6.45, 7) is 41.8. The summed E-state index contributed by atoms with van der Waals surface area (Å²) in [5.41, 5.74) is 13.1. The molecule has 12 nitrogen and oxygen atoms in total. The van der Waals surface area contributed by atoms with Gasteiger partial charge in [0.1, 0.15) is 72.9 Å². The van der Waals surface area contributed by atoms with Crippen molar-refractivity contribution in [1.29, 1.82) is 0 Å². The lowest BCUT2D eigenvalue weighted by molar-refractivity contribution is -0.660. The standard InChI is InChI=1S/C32H29N2O.C31H27N2O.C31H29N2O.C27H21N2O.4CH4/c1-21-14-15-25-26-16-17-27(33-2)30(23-12-8-5-9-13-23)32(26)35-31(25)29(21)28-20-24(18-19-34(28)3)22-10-6-4-7-11-22;1-20-13-14-24-25-15-16-26(32-2)29(22-11-5-4-6-12-22)31(25)34-30(24)28(20)27-19-23(17-18-33(27)3)21-9-7-8-10-21;1-20-12-13-23-24-14-15-25(32-5)28(22-10-8-7-9-11-22)30(24)34-29(23)27(20)26-18-21(16-17-33(26)6)19-31(2,3)4;1-17-10-15-23(29(4)16-17)24-18(2)11-12-20-21-13-14-22(28-3)25(27(21)30-26(20)24)19-8-6-5-7-9-19;;;;/h5,8-9,12-20,22H,4,6-7,10-11H2,1,3H3;4-6,11-19,21H,7-10H2,1,3H3;7-18H,19H2,1-4,6H3;5-16H,1-2,4H3;4*1H4/q4*+1;;;;/i5D,8D,9D,12D,13D,18D,22D;4D,5D,6D,11D,12D,17D,21D;7D,8D,9D,10D,11D,16D,19D2;1D3,5D,6D,7D,8D,9D,10D;;;;. The maximum Gasteiger partial charge on any atom is 0.216 e. The van der Waals surface area contributed by atoms with Crippen LogP contribution in [0.15, 0.2) is 309 Å². The Balaban J connectivity index is 0.000000163. The van der Waals surface area contributed by atoms with Crippen LogP contribution in [0.1, 0.15) is 207 Å². The number of hydrogen-bond donors (Lipinski definition) is 0. The van der Waals surface area contributed by atoms with Gasteiger partial charge in [-0.15, -0.1) is 0 Å². The van der Waals surface area contributed by atoms with Gasteiger partial charge in [-0.1, -0.05) is 300 Å². The molecule has 0 bridgehead atoms. The molecule has 12 heteroatoms. The molecule has 22 rings (SSSR count). The van der Waals surface area contributed by atoms with Crippen molar-refractivity contribution in [2.24, 2.45) is 33.6 Å². The number of hydrogen-bond acceptors (Lipinski definition) is 4. The number of pyridine rings is 4. The Hall–Kier alpha value is -15.6. The Labute approximate surface area is 850 Å². The Morgan fingerprint density at radius 3 is 0.898 bits per heavy atom. The minimum atomic E-state index is -2.46. The lowest BCUT2D eigenvalue weighted by Crippen LogP contribution is -2.31. The molecule has 0 aliphatic heterocycles. The highest BCUT2D eigenvalue weighted by molar-refractivity contribution is 6.19. The van der Waals surface area contributed by atoms with E-state index in [1.165, 1.54) is 18.3 Å². The maximum atomic E-state index is 9.23. The third kappa shape index (κ3) is 18.2. The average molecular weight is 1830 g/mol. The second kappa shape index (κ2) is 40.3. The number of fused-ring (bicyclic) bond motifs is 12. The molecule has 0 N–H and O–H groups in total. The molecule has 8 heterocycles. The van der Waals surface area contributed by atoms with Crippen molar-refractivity contribution in [2.45, 2.75) is 161 Å². The van der Waals surface area contributed by atoms with E-state index in [-0.39, 0.29) is 143 Å². The SMILES string of the molecule is C.C.C.C.[2H]c1c[n+](C)c(-c2c(C)ccc3c2oc2c(-c4c([2H])c([2H])c([2H])c([2H])c4[2H])c([N+]#[C-])ccc23)cc1C([2H])([2H])C(C)(C)C.[2H]c1c[n+](C)c(-c2c(C)ccc3c2oc2c(-c4c([2H])c([2H])c([2H])c([2H])c4[2H])c([N+]#[C-])ccc23)cc1C1([2H])CCCC1.[2H]c1c[n+](C)c(-c2c(C)ccc3c2oc2c(-c4c([2H])c([2H])c([2H])c([2H])c4[2H])c([N+]#[C-])ccc23)cc1C1([2H])CCCCC1.[2H]c1cc(-c2c(C)ccc3c2oc2c(-c4c([2H])c([2H])c([2H])c([2H])c4[2H])c([N+]#[C-])ccc23)[n+](C)cc1C([2H])([2H])[2H]. The molecule has 0 saturated heterocycles. The van der Waals surface area contributed by atoms with Crippen molar-refractivity contribution >= 4 is 111 Å². The van der Waals surface area contributed by atoms with E-state index in [1.807, 2.05) is 112 Å². The Morgan fingerprint density at radius 2 is 0.606 bits per heavy atom. The molecule has 0 atom stereocenters. The molecule has 0 radical (unpaired) electrons. The molecule has 137 heavy (non-hydrogen) atoms. The summed E-state index contributed by atoms with van der Waals surface area (Å²) in [7, 11) is 7.18. The first-order valence-corrected chi connectivity index (χ1v) is 43.6. The van der Waals surface area contributed by atoms with E-state index < -0.39 is 151 Å². The van der Waals surface area contributed by atoms with Crippen molar-refractivity contribution in [3.8, 4) is 89.5 Å². The van der Waals surface area contributed by atoms with Gasteiger partial charge in [0.15, 0.2) is 47.5 Å². The Morgan fingerprint density at radius 1 is 0.336 bits per heavy atom. The zero-order chi connectivity index (χ0) is 119. The largest absolute Gasteiger partial charge is 0.456 e. The predicted molar refractivity (Wildman–Crippen MR) is 569 cm³/mol. The zero-order valence-electron chi connectivity index (χ0n) is 106. The molecule has 8 aromatic heterocycles. The molecule has 2 fully saturated rings. The van der Waals surface area contributed by atoms with Gasteiger partial charge in [-0.2, -0.15) is 0 Å². The lowest BCUT2D eigenvalue weighted by Gasteiger charge is -2.21. The number of benzene rings is 12. The molecule has 0 amide bonds. The van der Waals surface area contributed by atoms with Crippen LogP contribution in [0.25, 0.3) is 197 Å². The highest BCUT2D eigenvalue weighted by Crippen LogP contribution is 2.51. The van der Waals surface area contributed by atoms with Crippen molar-refractivity contribution in [1.82, 2.24) is 0 Å². The van der Waals surface area contributed by atoms with E-state index in [1.54, 1.807) is 111 Å². The molecule has 0 spiro atoms. The van der Waals surface area contributed by atoms with E-state index in [0.717, 1.165) is 87.6 Å². The number of aryl methyl sites for hydroxylation is 9. The van der Waals surface area contributed by atoms with Gasteiger partial charge in [-0.05, 0) is 151 Å². The number of rotatable bonds is 11. The predicted octanol–water partition coefficient (Wildman–Crippen LogP) is 34.6. The molecule has 2 aliphatic carbocycles. The van der Waals surface area contributed by atoms with E-state index >= 15 is 0 Å². The maximum absolute atomic E-state index is 9.23. The lowest BCUT2D eigenvalue weighted by atomic mass is 9.84. The second-order valence-corrected chi connectivity index (χ2v) is 34.4. The fraction of sp³-hybridized carbons (Fsp3) is 0.232. The minimum absolute atomic E-state index is 0. The summed E-state index contributed by atoms with van der Waals surface area (Å²) in [5.74, 6) is -1.64. The van der Waals surface area contributed by atoms with Crippen molar-refractivity contribution in [3.05, 3.63) is 381 Å². The van der Waals surface area contributed by atoms with Crippen molar-refractivity contribution in [2.75, 3.05) is 0 Å². The third-order valence-corrected chi connectivity index (χ3v) is 24.7. The fourth-order valence-corrected chi connectivity index (χ4v) is 18.4. The molecule has 2 aliphatic rings. The summed E-state index contributed by atoms with van der Waals surface area (Å²) >= 11 is 0. The van der Waals surface area contributed by atoms with Gasteiger partial charge >= 0.3 is 0 Å². The first-order chi connectivity index (χ1) is 77.3. The van der Waals surface area contributed by atoms with Crippen LogP contribution in [0.4, 0.5) is 22.7 Å². The smallest absolute Gasteiger partial charge is 0.216 e. The Kier molecular flexibility index (Phi) is 18.7. The molecule has 12 aromatic carbocycles. The number of aromatic nitrogens is 4. The minimum Gasteiger partial charge on any atom is -0.456 e. The third-order valence-electron chi connectivity index (χ3n) is 24.7. The molecular weight excluding hydrogens is 1680 g/mol. The molecule has 2 saturated carbocycles. The van der Waals surface area contributed by atoms with E-state index in [0.29, 0.717) is 126 Å². The topological polar surface area (TPSA) is 85.5 Å². The Bertz CT molecular complexity index is 10000. The van der Waals surface area contributed by atoms with E-state index in [9.17, 15) is 1.37 Å². The van der Waals surface area contributed by atoms with Crippen LogP contribution >= 0.6 is 0 Å². The fourth-order valence-electron chi connectivity index (χ4n) is 18.4.